The molecule has 4 unspecified atom stereocenters. The van der Waals surface area contributed by atoms with Gasteiger partial charge >= 0.3 is 0 Å². The van der Waals surface area contributed by atoms with Crippen LogP contribution in [0, 0.1) is 0 Å². The zero-order chi connectivity index (χ0) is 25.5. The van der Waals surface area contributed by atoms with Crippen LogP contribution in [0.4, 0.5) is 0 Å². The lowest BCUT2D eigenvalue weighted by Gasteiger charge is -2.36. The lowest BCUT2D eigenvalue weighted by atomic mass is 10.0. The molecular weight excluding hydrogens is 440 g/mol. The van der Waals surface area contributed by atoms with Crippen LogP contribution in [0.1, 0.15) is 46.5 Å². The van der Waals surface area contributed by atoms with E-state index in [0.717, 1.165) is 0 Å². The minimum absolute atomic E-state index is 0.0537. The van der Waals surface area contributed by atoms with E-state index in [1.54, 1.807) is 7.11 Å². The molecule has 4 atom stereocenters. The number of primary amides is 1. The molecule has 1 aliphatic rings. The molecule has 0 spiro atoms. The molecule has 1 saturated heterocycles. The van der Waals surface area contributed by atoms with Gasteiger partial charge in [-0.15, -0.1) is 0 Å². The molecule has 0 aromatic rings. The Labute approximate surface area is 196 Å². The average Bonchev–Trinajstić information content (AvgIpc) is 2.78. The second-order valence-electron chi connectivity index (χ2n) is 6.80. The van der Waals surface area contributed by atoms with E-state index in [4.69, 9.17) is 28.8 Å². The quantitative estimate of drug-likeness (QED) is 0.147. The molecule has 1 aliphatic heterocycles. The Hall–Kier alpha value is -1.38. The first kappa shape index (κ1) is 33.8. The van der Waals surface area contributed by atoms with Crippen LogP contribution in [0.2, 0.25) is 0 Å². The molecular formula is C21H44N2O10. The zero-order valence-corrected chi connectivity index (χ0v) is 20.4. The van der Waals surface area contributed by atoms with Gasteiger partial charge in [-0.05, 0) is 12.8 Å². The van der Waals surface area contributed by atoms with Crippen LogP contribution in [0.5, 0.6) is 0 Å². The maximum Gasteiger partial charge on any atom is 0.220 e. The molecule has 0 saturated carbocycles. The van der Waals surface area contributed by atoms with Gasteiger partial charge < -0.3 is 50.1 Å². The van der Waals surface area contributed by atoms with E-state index in [2.05, 4.69) is 11.1 Å². The van der Waals surface area contributed by atoms with Gasteiger partial charge in [-0.3, -0.25) is 9.59 Å². The summed E-state index contributed by atoms with van der Waals surface area (Å²) in [6, 6.07) is 0. The molecule has 6 N–H and O–H groups in total. The SMILES string of the molecule is CC.CC(N)=O.COCOCCOCCNC(=O)CCCCOC1CC(O)C(O)C(CO)O1. The molecule has 0 bridgehead atoms. The van der Waals surface area contributed by atoms with Gasteiger partial charge in [-0.2, -0.15) is 0 Å². The largest absolute Gasteiger partial charge is 0.394 e. The third-order valence-electron chi connectivity index (χ3n) is 3.96. The van der Waals surface area contributed by atoms with E-state index in [0.29, 0.717) is 52.2 Å². The van der Waals surface area contributed by atoms with Crippen molar-refractivity contribution in [3.63, 3.8) is 0 Å². The van der Waals surface area contributed by atoms with E-state index in [-0.39, 0.29) is 31.6 Å². The molecule has 0 aromatic carbocycles. The van der Waals surface area contributed by atoms with E-state index in [1.807, 2.05) is 13.8 Å². The van der Waals surface area contributed by atoms with Gasteiger partial charge in [0.15, 0.2) is 6.29 Å². The number of nitrogens with one attached hydrogen (secondary N) is 1. The summed E-state index contributed by atoms with van der Waals surface area (Å²) >= 11 is 0. The van der Waals surface area contributed by atoms with Gasteiger partial charge in [0.05, 0.1) is 32.5 Å². The summed E-state index contributed by atoms with van der Waals surface area (Å²) in [4.78, 5) is 20.9. The number of aliphatic hydroxyl groups excluding tert-OH is 3. The molecule has 0 radical (unpaired) electrons. The predicted octanol–water partition coefficient (Wildman–Crippen LogP) is -0.726. The van der Waals surface area contributed by atoms with E-state index in [9.17, 15) is 19.8 Å². The summed E-state index contributed by atoms with van der Waals surface area (Å²) in [7, 11) is 1.55. The third-order valence-corrected chi connectivity index (χ3v) is 3.96. The van der Waals surface area contributed by atoms with Crippen molar-refractivity contribution in [3.05, 3.63) is 0 Å². The van der Waals surface area contributed by atoms with Crippen molar-refractivity contribution in [2.75, 3.05) is 53.5 Å². The minimum Gasteiger partial charge on any atom is -0.394 e. The zero-order valence-electron chi connectivity index (χ0n) is 20.4. The number of hydrogen-bond acceptors (Lipinski definition) is 10. The molecule has 0 aromatic heterocycles. The standard InChI is InChI=1S/C17H33NO9.C2H5NO.C2H6/c1-23-12-25-9-8-24-7-5-18-15(21)4-2-3-6-26-16-10-13(20)17(22)14(11-19)27-16;1-2(3)4;1-2/h13-14,16-17,19-20,22H,2-12H2,1H3,(H,18,21);1H3,(H2,3,4);1-2H3. The molecule has 0 aliphatic carbocycles. The molecule has 12 heteroatoms. The summed E-state index contributed by atoms with van der Waals surface area (Å²) in [5.74, 6) is -0.387. The maximum absolute atomic E-state index is 11.7. The Bertz CT molecular complexity index is 466. The molecule has 1 heterocycles. The van der Waals surface area contributed by atoms with Crippen LogP contribution in [0.3, 0.4) is 0 Å². The molecule has 2 amide bonds. The Balaban J connectivity index is 0. The summed E-state index contributed by atoms with van der Waals surface area (Å²) < 4.78 is 25.9. The summed E-state index contributed by atoms with van der Waals surface area (Å²) in [6.07, 6.45) is -1.78. The number of ether oxygens (including phenoxy) is 5. The number of rotatable bonds is 15. The first-order valence-corrected chi connectivity index (χ1v) is 11.2. The number of aliphatic hydroxyl groups is 3. The number of amides is 2. The predicted molar refractivity (Wildman–Crippen MR) is 120 cm³/mol. The maximum atomic E-state index is 11.7. The van der Waals surface area contributed by atoms with Gasteiger partial charge in [0.1, 0.15) is 19.0 Å². The highest BCUT2D eigenvalue weighted by atomic mass is 16.7. The van der Waals surface area contributed by atoms with Crippen molar-refractivity contribution in [2.24, 2.45) is 5.73 Å². The van der Waals surface area contributed by atoms with E-state index >= 15 is 0 Å². The second kappa shape index (κ2) is 23.8. The van der Waals surface area contributed by atoms with Gasteiger partial charge in [0, 0.05) is 40.0 Å². The highest BCUT2D eigenvalue weighted by molar-refractivity contribution is 5.75. The smallest absolute Gasteiger partial charge is 0.220 e. The third kappa shape index (κ3) is 20.9. The van der Waals surface area contributed by atoms with E-state index in [1.165, 1.54) is 6.92 Å². The lowest BCUT2D eigenvalue weighted by Crippen LogP contribution is -2.50. The molecule has 1 fully saturated rings. The fraction of sp³-hybridized carbons (Fsp3) is 0.905. The Kier molecular flexibility index (Phi) is 24.3. The lowest BCUT2D eigenvalue weighted by molar-refractivity contribution is -0.256. The summed E-state index contributed by atoms with van der Waals surface area (Å²) in [5, 5.41) is 31.2. The average molecular weight is 485 g/mol. The number of hydrogen-bond donors (Lipinski definition) is 5. The van der Waals surface area contributed by atoms with Gasteiger partial charge in [-0.25, -0.2) is 0 Å². The first-order chi connectivity index (χ1) is 15.8. The number of methoxy groups -OCH3 is 1. The molecule has 33 heavy (non-hydrogen) atoms. The molecule has 198 valence electrons. The fourth-order valence-electron chi connectivity index (χ4n) is 2.49. The minimum atomic E-state index is -1.11. The Morgan fingerprint density at radius 2 is 1.73 bits per heavy atom. The van der Waals surface area contributed by atoms with Crippen molar-refractivity contribution in [2.45, 2.75) is 71.1 Å². The number of carbonyl (C=O) groups excluding carboxylic acids is 2. The van der Waals surface area contributed by atoms with Crippen LogP contribution < -0.4 is 11.1 Å². The van der Waals surface area contributed by atoms with Gasteiger partial charge in [0.2, 0.25) is 11.8 Å². The highest BCUT2D eigenvalue weighted by Crippen LogP contribution is 2.21. The normalized spacial score (nSPS) is 21.8. The van der Waals surface area contributed by atoms with Crippen molar-refractivity contribution < 1.29 is 48.6 Å². The first-order valence-electron chi connectivity index (χ1n) is 11.2. The van der Waals surface area contributed by atoms with Crippen LogP contribution in [0.15, 0.2) is 0 Å². The Morgan fingerprint density at radius 1 is 1.09 bits per heavy atom. The number of nitrogens with two attached hydrogens (primary N) is 1. The number of unbranched alkanes of at least 4 members (excludes halogenated alkanes) is 1. The summed E-state index contributed by atoms with van der Waals surface area (Å²) in [6.45, 7) is 7.28. The van der Waals surface area contributed by atoms with Crippen molar-refractivity contribution in [3.8, 4) is 0 Å². The number of carbonyl (C=O) groups is 2. The van der Waals surface area contributed by atoms with E-state index < -0.39 is 24.6 Å². The Morgan fingerprint density at radius 3 is 2.33 bits per heavy atom. The van der Waals surface area contributed by atoms with Crippen molar-refractivity contribution >= 4 is 11.8 Å². The molecule has 1 rings (SSSR count). The topological polar surface area (TPSA) is 179 Å². The van der Waals surface area contributed by atoms with Gasteiger partial charge in [-0.1, -0.05) is 13.8 Å². The van der Waals surface area contributed by atoms with Crippen LogP contribution >= 0.6 is 0 Å². The van der Waals surface area contributed by atoms with Crippen LogP contribution in [-0.4, -0.2) is 105 Å². The summed E-state index contributed by atoms with van der Waals surface area (Å²) in [5.41, 5.74) is 4.47. The monoisotopic (exact) mass is 484 g/mol. The van der Waals surface area contributed by atoms with Crippen LogP contribution in [0.25, 0.3) is 0 Å². The second-order valence-corrected chi connectivity index (χ2v) is 6.80. The van der Waals surface area contributed by atoms with Crippen LogP contribution in [-0.2, 0) is 33.3 Å². The van der Waals surface area contributed by atoms with Crippen molar-refractivity contribution in [1.29, 1.82) is 0 Å². The molecule has 12 nitrogen and oxygen atoms in total. The van der Waals surface area contributed by atoms with Crippen molar-refractivity contribution in [1.82, 2.24) is 5.32 Å². The fourth-order valence-corrected chi connectivity index (χ4v) is 2.49. The van der Waals surface area contributed by atoms with Gasteiger partial charge in [0.25, 0.3) is 0 Å². The highest BCUT2D eigenvalue weighted by Gasteiger charge is 2.36.